The molecule has 1 aromatic carbocycles. The van der Waals surface area contributed by atoms with Crippen LogP contribution in [0.25, 0.3) is 0 Å². The van der Waals surface area contributed by atoms with Gasteiger partial charge < -0.3 is 34.5 Å². The van der Waals surface area contributed by atoms with Gasteiger partial charge in [-0.15, -0.1) is 13.2 Å². The third kappa shape index (κ3) is 5.64. The fourth-order valence-electron chi connectivity index (χ4n) is 2.57. The van der Waals surface area contributed by atoms with Crippen LogP contribution in [-0.4, -0.2) is 61.1 Å². The van der Waals surface area contributed by atoms with Gasteiger partial charge in [-0.05, 0) is 12.1 Å². The predicted molar refractivity (Wildman–Crippen MR) is 97.3 cm³/mol. The molecule has 0 unspecified atom stereocenters. The Bertz CT molecular complexity index is 680. The van der Waals surface area contributed by atoms with E-state index in [1.165, 1.54) is 12.2 Å². The van der Waals surface area contributed by atoms with E-state index in [2.05, 4.69) is 13.2 Å². The Morgan fingerprint density at radius 1 is 1.21 bits per heavy atom. The van der Waals surface area contributed by atoms with Gasteiger partial charge in [0, 0.05) is 0 Å². The van der Waals surface area contributed by atoms with Gasteiger partial charge in [-0.2, -0.15) is 0 Å². The zero-order valence-electron chi connectivity index (χ0n) is 15.1. The van der Waals surface area contributed by atoms with Crippen LogP contribution in [0.4, 0.5) is 4.79 Å². The predicted octanol–water partition coefficient (Wildman–Crippen LogP) is 0.915. The van der Waals surface area contributed by atoms with Gasteiger partial charge in [0.25, 0.3) is 0 Å². The van der Waals surface area contributed by atoms with E-state index in [9.17, 15) is 14.7 Å². The number of benzene rings is 1. The monoisotopic (exact) mass is 393 g/mol. The molecule has 0 radical (unpaired) electrons. The van der Waals surface area contributed by atoms with Gasteiger partial charge in [-0.1, -0.05) is 30.4 Å². The van der Waals surface area contributed by atoms with Crippen molar-refractivity contribution in [2.75, 3.05) is 13.2 Å². The highest BCUT2D eigenvalue weighted by molar-refractivity contribution is 5.80. The summed E-state index contributed by atoms with van der Waals surface area (Å²) in [6.45, 7) is 7.05. The molecule has 3 N–H and O–H groups in total. The van der Waals surface area contributed by atoms with Crippen LogP contribution in [0.2, 0.25) is 0 Å². The topological polar surface area (TPSA) is 127 Å². The minimum absolute atomic E-state index is 0.0110. The molecule has 5 atom stereocenters. The molecular formula is C19H23NO8. The first-order valence-corrected chi connectivity index (χ1v) is 8.49. The highest BCUT2D eigenvalue weighted by Crippen LogP contribution is 2.29. The first kappa shape index (κ1) is 21.6. The fraction of sp³-hybridized carbons (Fsp3) is 0.368. The zero-order valence-corrected chi connectivity index (χ0v) is 15.1. The van der Waals surface area contributed by atoms with Gasteiger partial charge in [0.1, 0.15) is 18.0 Å². The average Bonchev–Trinajstić information content (AvgIpc) is 2.96. The van der Waals surface area contributed by atoms with Gasteiger partial charge in [0.15, 0.2) is 18.5 Å². The van der Waals surface area contributed by atoms with Gasteiger partial charge in [0.2, 0.25) is 5.91 Å². The summed E-state index contributed by atoms with van der Waals surface area (Å²) < 4.78 is 26.4. The van der Waals surface area contributed by atoms with Crippen molar-refractivity contribution in [3.05, 3.63) is 55.6 Å². The van der Waals surface area contributed by atoms with Crippen molar-refractivity contribution in [3.63, 3.8) is 0 Å². The van der Waals surface area contributed by atoms with Crippen molar-refractivity contribution in [3.8, 4) is 5.75 Å². The van der Waals surface area contributed by atoms with Crippen LogP contribution in [0.1, 0.15) is 0 Å². The number of hydrogen-bond acceptors (Lipinski definition) is 8. The first-order valence-electron chi connectivity index (χ1n) is 8.49. The van der Waals surface area contributed by atoms with E-state index < -0.39 is 42.8 Å². The van der Waals surface area contributed by atoms with E-state index in [0.29, 0.717) is 0 Å². The maximum atomic E-state index is 12.1. The van der Waals surface area contributed by atoms with E-state index in [1.54, 1.807) is 30.3 Å². The Kier molecular flexibility index (Phi) is 8.15. The van der Waals surface area contributed by atoms with Crippen molar-refractivity contribution >= 4 is 12.1 Å². The Balaban J connectivity index is 2.16. The smallest absolute Gasteiger partial charge is 0.425 e. The number of carbonyl (C=O) groups is 2. The summed E-state index contributed by atoms with van der Waals surface area (Å²) in [5, 5.41) is 10.5. The molecule has 1 aromatic rings. The summed E-state index contributed by atoms with van der Waals surface area (Å²) in [4.78, 5) is 24.0. The number of carbonyl (C=O) groups excluding carboxylic acids is 2. The lowest BCUT2D eigenvalue weighted by Gasteiger charge is -2.25. The molecule has 1 heterocycles. The quantitative estimate of drug-likeness (QED) is 0.341. The van der Waals surface area contributed by atoms with Crippen LogP contribution in [0.15, 0.2) is 55.6 Å². The highest BCUT2D eigenvalue weighted by Gasteiger charge is 2.52. The fourth-order valence-corrected chi connectivity index (χ4v) is 2.57. The number of aliphatic hydroxyl groups is 1. The minimum Gasteiger partial charge on any atom is -0.425 e. The van der Waals surface area contributed by atoms with Crippen LogP contribution >= 0.6 is 0 Å². The molecule has 1 fully saturated rings. The summed E-state index contributed by atoms with van der Waals surface area (Å²) >= 11 is 0. The summed E-state index contributed by atoms with van der Waals surface area (Å²) in [5.41, 5.74) is 5.38. The molecule has 9 nitrogen and oxygen atoms in total. The van der Waals surface area contributed by atoms with Crippen molar-refractivity contribution in [1.29, 1.82) is 0 Å². The van der Waals surface area contributed by atoms with Gasteiger partial charge in [-0.3, -0.25) is 4.79 Å². The van der Waals surface area contributed by atoms with Crippen LogP contribution in [-0.2, 0) is 23.7 Å². The molecule has 1 aliphatic rings. The Labute approximate surface area is 162 Å². The van der Waals surface area contributed by atoms with E-state index in [0.717, 1.165) is 0 Å². The molecule has 0 spiro atoms. The highest BCUT2D eigenvalue weighted by atomic mass is 16.8. The first-order chi connectivity index (χ1) is 13.5. The van der Waals surface area contributed by atoms with Crippen LogP contribution in [0, 0.1) is 0 Å². The van der Waals surface area contributed by atoms with Gasteiger partial charge in [0.05, 0.1) is 13.2 Å². The third-order valence-electron chi connectivity index (χ3n) is 3.76. The molecule has 0 aliphatic carbocycles. The number of rotatable bonds is 10. The van der Waals surface area contributed by atoms with Crippen molar-refractivity contribution < 1.29 is 38.4 Å². The number of amides is 1. The lowest BCUT2D eigenvalue weighted by atomic mass is 10.1. The standard InChI is InChI=1S/C19H23NO8/c1-3-10-24-16(17(20)22)15-14(13(21)18(27-15)25-11-4-2)28-19(23)26-12-8-6-5-7-9-12/h3-9,13-16,18,21H,1-2,10-11H2,(H2,20,22)/t13-,14-,15+,16+,18+/m1/s1. The largest absolute Gasteiger partial charge is 0.514 e. The van der Waals surface area contributed by atoms with E-state index >= 15 is 0 Å². The number of nitrogens with two attached hydrogens (primary N) is 1. The van der Waals surface area contributed by atoms with Gasteiger partial charge >= 0.3 is 6.16 Å². The van der Waals surface area contributed by atoms with Crippen LogP contribution in [0.5, 0.6) is 5.75 Å². The maximum Gasteiger partial charge on any atom is 0.514 e. The summed E-state index contributed by atoms with van der Waals surface area (Å²) in [7, 11) is 0. The zero-order chi connectivity index (χ0) is 20.5. The number of primary amides is 1. The Morgan fingerprint density at radius 2 is 1.89 bits per heavy atom. The van der Waals surface area contributed by atoms with Crippen molar-refractivity contribution in [2.45, 2.75) is 30.7 Å². The maximum absolute atomic E-state index is 12.1. The summed E-state index contributed by atoms with van der Waals surface area (Å²) in [6, 6.07) is 8.19. The molecular weight excluding hydrogens is 370 g/mol. The summed E-state index contributed by atoms with van der Waals surface area (Å²) in [5.74, 6) is -0.625. The number of hydrogen-bond donors (Lipinski definition) is 2. The number of ether oxygens (including phenoxy) is 5. The van der Waals surface area contributed by atoms with Crippen LogP contribution < -0.4 is 10.5 Å². The minimum atomic E-state index is -1.41. The molecule has 1 saturated heterocycles. The third-order valence-corrected chi connectivity index (χ3v) is 3.76. The van der Waals surface area contributed by atoms with Crippen LogP contribution in [0.3, 0.4) is 0 Å². The molecule has 152 valence electrons. The summed E-state index contributed by atoms with van der Waals surface area (Å²) in [6.07, 6.45) is -4.71. The molecule has 1 aliphatic heterocycles. The van der Waals surface area contributed by atoms with E-state index in [1.807, 2.05) is 0 Å². The SMILES string of the molecule is C=CCO[C@H]1O[C@H]([C@H](OCC=C)C(N)=O)[C@H](OC(=O)Oc2ccccc2)[C@H]1O. The average molecular weight is 393 g/mol. The normalized spacial score (nSPS) is 24.9. The number of para-hydroxylation sites is 1. The second-order valence-electron chi connectivity index (χ2n) is 5.77. The Morgan fingerprint density at radius 3 is 2.50 bits per heavy atom. The number of aliphatic hydroxyl groups excluding tert-OH is 1. The molecule has 0 bridgehead atoms. The van der Waals surface area contributed by atoms with Crippen molar-refractivity contribution in [2.24, 2.45) is 5.73 Å². The second kappa shape index (κ2) is 10.6. The molecule has 28 heavy (non-hydrogen) atoms. The molecule has 9 heteroatoms. The molecule has 2 rings (SSSR count). The lowest BCUT2D eigenvalue weighted by Crippen LogP contribution is -2.49. The second-order valence-corrected chi connectivity index (χ2v) is 5.77. The lowest BCUT2D eigenvalue weighted by molar-refractivity contribution is -0.179. The van der Waals surface area contributed by atoms with Gasteiger partial charge in [-0.25, -0.2) is 4.79 Å². The van der Waals surface area contributed by atoms with E-state index in [-0.39, 0.29) is 19.0 Å². The van der Waals surface area contributed by atoms with Crippen molar-refractivity contribution in [1.82, 2.24) is 0 Å². The molecule has 0 saturated carbocycles. The Hall–Kier alpha value is -2.72. The van der Waals surface area contributed by atoms with E-state index in [4.69, 9.17) is 29.4 Å². The molecule has 1 amide bonds. The molecule has 0 aromatic heterocycles.